The van der Waals surface area contributed by atoms with Crippen LogP contribution in [0.5, 0.6) is 0 Å². The summed E-state index contributed by atoms with van der Waals surface area (Å²) in [6.45, 7) is 1.86. The molecule has 0 fully saturated rings. The first-order valence-corrected chi connectivity index (χ1v) is 4.64. The van der Waals surface area contributed by atoms with Crippen molar-refractivity contribution in [2.24, 2.45) is 0 Å². The number of rotatable bonds is 2. The Morgan fingerprint density at radius 1 is 1.50 bits per heavy atom. The predicted molar refractivity (Wildman–Crippen MR) is 52.4 cm³/mol. The molecule has 14 heavy (non-hydrogen) atoms. The maximum atomic E-state index is 13.1. The summed E-state index contributed by atoms with van der Waals surface area (Å²) in [6.07, 6.45) is 0. The molecule has 2 nitrogen and oxygen atoms in total. The molecule has 5 heteroatoms. The summed E-state index contributed by atoms with van der Waals surface area (Å²) in [5, 5.41) is -0.431. The van der Waals surface area contributed by atoms with Crippen molar-refractivity contribution in [3.63, 3.8) is 0 Å². The Kier molecular flexibility index (Phi) is 3.72. The van der Waals surface area contributed by atoms with Crippen LogP contribution in [-0.4, -0.2) is 12.6 Å². The first kappa shape index (κ1) is 11.3. The zero-order chi connectivity index (χ0) is 10.7. The van der Waals surface area contributed by atoms with Gasteiger partial charge in [0, 0.05) is 0 Å². The number of hydrogen-bond acceptors (Lipinski definition) is 2. The number of esters is 1. The normalized spacial score (nSPS) is 10.0. The van der Waals surface area contributed by atoms with Crippen molar-refractivity contribution in [1.82, 2.24) is 0 Å². The molecule has 0 heterocycles. The minimum absolute atomic E-state index is 0.0181. The van der Waals surface area contributed by atoms with Gasteiger partial charge in [-0.3, -0.25) is 0 Å². The van der Waals surface area contributed by atoms with Gasteiger partial charge in [-0.05, 0) is 19.1 Å². The van der Waals surface area contributed by atoms with E-state index in [0.717, 1.165) is 0 Å². The third-order valence-corrected chi connectivity index (χ3v) is 2.19. The van der Waals surface area contributed by atoms with E-state index in [0.29, 0.717) is 0 Å². The Balaban J connectivity index is 3.11. The number of halogens is 3. The van der Waals surface area contributed by atoms with Crippen LogP contribution in [-0.2, 0) is 4.74 Å². The molecule has 0 saturated heterocycles. The zero-order valence-electron chi connectivity index (χ0n) is 7.31. The van der Waals surface area contributed by atoms with Crippen molar-refractivity contribution in [2.45, 2.75) is 6.92 Å². The summed E-state index contributed by atoms with van der Waals surface area (Å²) in [4.78, 5) is 11.2. The molecule has 0 aliphatic carbocycles. The summed E-state index contributed by atoms with van der Waals surface area (Å²) in [7, 11) is 0. The van der Waals surface area contributed by atoms with E-state index in [2.05, 4.69) is 4.74 Å². The maximum Gasteiger partial charge on any atom is 0.339 e. The molecule has 0 unspecified atom stereocenters. The number of ether oxygens (including phenoxy) is 1. The molecule has 0 radical (unpaired) electrons. The maximum absolute atomic E-state index is 13.1. The molecular formula is C9H7Cl2FO2. The third-order valence-electron chi connectivity index (χ3n) is 1.53. The smallest absolute Gasteiger partial charge is 0.339 e. The van der Waals surface area contributed by atoms with Gasteiger partial charge in [0.2, 0.25) is 0 Å². The molecule has 1 aromatic rings. The number of benzene rings is 1. The van der Waals surface area contributed by atoms with Crippen LogP contribution in [0.2, 0.25) is 10.0 Å². The van der Waals surface area contributed by atoms with Crippen molar-refractivity contribution in [3.8, 4) is 0 Å². The van der Waals surface area contributed by atoms with Gasteiger partial charge >= 0.3 is 5.97 Å². The molecule has 76 valence electrons. The fourth-order valence-corrected chi connectivity index (χ4v) is 1.34. The van der Waals surface area contributed by atoms with Gasteiger partial charge in [-0.1, -0.05) is 23.2 Å². The Bertz CT molecular complexity index is 366. The van der Waals surface area contributed by atoms with E-state index in [1.807, 2.05) is 0 Å². The van der Waals surface area contributed by atoms with Gasteiger partial charge in [-0.25, -0.2) is 9.18 Å². The van der Waals surface area contributed by atoms with Crippen LogP contribution in [0.4, 0.5) is 4.39 Å². The third kappa shape index (κ3) is 2.16. The minimum atomic E-state index is -0.807. The zero-order valence-corrected chi connectivity index (χ0v) is 8.82. The average molecular weight is 237 g/mol. The van der Waals surface area contributed by atoms with Crippen LogP contribution in [0, 0.1) is 5.82 Å². The molecule has 1 aromatic carbocycles. The van der Waals surface area contributed by atoms with Crippen molar-refractivity contribution in [1.29, 1.82) is 0 Å². The van der Waals surface area contributed by atoms with Gasteiger partial charge in [0.25, 0.3) is 0 Å². The Morgan fingerprint density at radius 3 is 2.71 bits per heavy atom. The van der Waals surface area contributed by atoms with Gasteiger partial charge in [0.05, 0.1) is 22.2 Å². The fourth-order valence-electron chi connectivity index (χ4n) is 0.892. The lowest BCUT2D eigenvalue weighted by atomic mass is 10.2. The van der Waals surface area contributed by atoms with Gasteiger partial charge < -0.3 is 4.74 Å². The second kappa shape index (κ2) is 4.62. The predicted octanol–water partition coefficient (Wildman–Crippen LogP) is 3.31. The molecule has 0 aromatic heterocycles. The quantitative estimate of drug-likeness (QED) is 0.582. The number of carbonyl (C=O) groups excluding carboxylic acids is 1. The van der Waals surface area contributed by atoms with Crippen LogP contribution in [0.1, 0.15) is 17.3 Å². The Morgan fingerprint density at radius 2 is 2.14 bits per heavy atom. The molecule has 0 N–H and O–H groups in total. The molecule has 1 rings (SSSR count). The summed E-state index contributed by atoms with van der Waals surface area (Å²) in [6, 6.07) is 2.58. The Labute approximate surface area is 90.6 Å². The number of hydrogen-bond donors (Lipinski definition) is 0. The topological polar surface area (TPSA) is 26.3 Å². The van der Waals surface area contributed by atoms with E-state index in [1.165, 1.54) is 12.1 Å². The summed E-state index contributed by atoms with van der Waals surface area (Å²) in [5.74, 6) is -1.47. The van der Waals surface area contributed by atoms with E-state index in [9.17, 15) is 9.18 Å². The first-order chi connectivity index (χ1) is 6.57. The van der Waals surface area contributed by atoms with Crippen molar-refractivity contribution >= 4 is 29.2 Å². The second-order valence-electron chi connectivity index (χ2n) is 2.44. The molecule has 0 spiro atoms. The molecule has 0 bridgehead atoms. The molecule has 0 aliphatic rings. The monoisotopic (exact) mass is 236 g/mol. The fraction of sp³-hybridized carbons (Fsp3) is 0.222. The van der Waals surface area contributed by atoms with Crippen LogP contribution in [0.15, 0.2) is 12.1 Å². The molecule has 0 atom stereocenters. The van der Waals surface area contributed by atoms with Crippen LogP contribution in [0.3, 0.4) is 0 Å². The van der Waals surface area contributed by atoms with E-state index in [4.69, 9.17) is 23.2 Å². The second-order valence-corrected chi connectivity index (χ2v) is 3.23. The summed E-state index contributed by atoms with van der Waals surface area (Å²) >= 11 is 11.0. The highest BCUT2D eigenvalue weighted by Crippen LogP contribution is 2.26. The highest BCUT2D eigenvalue weighted by atomic mass is 35.5. The van der Waals surface area contributed by atoms with Gasteiger partial charge in [0.15, 0.2) is 5.82 Å². The number of carbonyl (C=O) groups is 1. The molecule has 0 aliphatic heterocycles. The van der Waals surface area contributed by atoms with Crippen molar-refractivity contribution < 1.29 is 13.9 Å². The SMILES string of the molecule is CCOC(=O)c1ccc(Cl)c(F)c1Cl. The highest BCUT2D eigenvalue weighted by molar-refractivity contribution is 6.36. The van der Waals surface area contributed by atoms with E-state index in [-0.39, 0.29) is 22.2 Å². The average Bonchev–Trinajstić information content (AvgIpc) is 2.15. The molecule has 0 saturated carbocycles. The lowest BCUT2D eigenvalue weighted by Gasteiger charge is -2.05. The molecular weight excluding hydrogens is 230 g/mol. The van der Waals surface area contributed by atoms with Crippen molar-refractivity contribution in [2.75, 3.05) is 6.61 Å². The van der Waals surface area contributed by atoms with Crippen molar-refractivity contribution in [3.05, 3.63) is 33.6 Å². The lowest BCUT2D eigenvalue weighted by molar-refractivity contribution is 0.0526. The summed E-state index contributed by atoms with van der Waals surface area (Å²) in [5.41, 5.74) is -0.0181. The van der Waals surface area contributed by atoms with Crippen LogP contribution >= 0.6 is 23.2 Å². The lowest BCUT2D eigenvalue weighted by Crippen LogP contribution is -2.06. The van der Waals surface area contributed by atoms with E-state index >= 15 is 0 Å². The van der Waals surface area contributed by atoms with Gasteiger partial charge in [-0.15, -0.1) is 0 Å². The standard InChI is InChI=1S/C9H7Cl2FO2/c1-2-14-9(13)5-3-4-6(10)8(12)7(5)11/h3-4H,2H2,1H3. The highest BCUT2D eigenvalue weighted by Gasteiger charge is 2.16. The van der Waals surface area contributed by atoms with Gasteiger partial charge in [0.1, 0.15) is 0 Å². The Hall–Kier alpha value is -0.800. The van der Waals surface area contributed by atoms with E-state index in [1.54, 1.807) is 6.92 Å². The molecule has 0 amide bonds. The van der Waals surface area contributed by atoms with Crippen LogP contribution in [0.25, 0.3) is 0 Å². The van der Waals surface area contributed by atoms with Crippen LogP contribution < -0.4 is 0 Å². The summed E-state index contributed by atoms with van der Waals surface area (Å²) < 4.78 is 17.8. The van der Waals surface area contributed by atoms with E-state index < -0.39 is 11.8 Å². The minimum Gasteiger partial charge on any atom is -0.462 e. The first-order valence-electron chi connectivity index (χ1n) is 3.88. The largest absolute Gasteiger partial charge is 0.462 e. The van der Waals surface area contributed by atoms with Gasteiger partial charge in [-0.2, -0.15) is 0 Å².